The summed E-state index contributed by atoms with van der Waals surface area (Å²) in [6.07, 6.45) is 1.06. The molecule has 0 bridgehead atoms. The van der Waals surface area contributed by atoms with Crippen LogP contribution in [0.4, 0.5) is 0 Å². The maximum atomic E-state index is 11.9. The molecule has 0 atom stereocenters. The van der Waals surface area contributed by atoms with Crippen molar-refractivity contribution in [2.45, 2.75) is 19.4 Å². The van der Waals surface area contributed by atoms with E-state index >= 15 is 0 Å². The van der Waals surface area contributed by atoms with Crippen molar-refractivity contribution in [2.24, 2.45) is 10.1 Å². The van der Waals surface area contributed by atoms with Crippen LogP contribution < -0.4 is 5.32 Å². The lowest BCUT2D eigenvalue weighted by molar-refractivity contribution is 0.0948. The number of ether oxygens (including phenoxy) is 1. The number of methoxy groups -OCH3 is 1. The predicted molar refractivity (Wildman–Crippen MR) is 88.7 cm³/mol. The highest BCUT2D eigenvalue weighted by Gasteiger charge is 2.05. The number of rotatable bonds is 10. The zero-order valence-electron chi connectivity index (χ0n) is 13.3. The fourth-order valence-electron chi connectivity index (χ4n) is 1.79. The van der Waals surface area contributed by atoms with Crippen LogP contribution in [0, 0.1) is 0 Å². The lowest BCUT2D eigenvalue weighted by Crippen LogP contribution is -2.25. The van der Waals surface area contributed by atoms with Crippen LogP contribution in [0.1, 0.15) is 28.8 Å². The van der Waals surface area contributed by atoms with Crippen LogP contribution in [0.5, 0.6) is 0 Å². The van der Waals surface area contributed by atoms with Crippen molar-refractivity contribution >= 4 is 18.5 Å². The molecule has 7 nitrogen and oxygen atoms in total. The van der Waals surface area contributed by atoms with Gasteiger partial charge in [-0.3, -0.25) is 4.79 Å². The SMILES string of the molecule is C=NOC(CCO)=NCc1ccc(C(=O)NCCCOC)cc1. The molecule has 0 aromatic heterocycles. The quantitative estimate of drug-likeness (QED) is 0.295. The summed E-state index contributed by atoms with van der Waals surface area (Å²) in [4.78, 5) is 21.0. The van der Waals surface area contributed by atoms with Gasteiger partial charge in [0.15, 0.2) is 0 Å². The smallest absolute Gasteiger partial charge is 0.251 e. The zero-order valence-corrected chi connectivity index (χ0v) is 13.3. The molecule has 0 aliphatic carbocycles. The largest absolute Gasteiger partial charge is 0.396 e. The zero-order chi connectivity index (χ0) is 16.9. The number of aliphatic hydroxyl groups excluding tert-OH is 1. The Hall–Kier alpha value is -2.25. The first kappa shape index (κ1) is 18.8. The van der Waals surface area contributed by atoms with E-state index in [-0.39, 0.29) is 18.9 Å². The highest BCUT2D eigenvalue weighted by atomic mass is 16.6. The molecule has 0 unspecified atom stereocenters. The Kier molecular flexibility index (Phi) is 9.26. The molecule has 0 saturated heterocycles. The molecule has 0 radical (unpaired) electrons. The highest BCUT2D eigenvalue weighted by molar-refractivity contribution is 5.94. The molecule has 0 heterocycles. The summed E-state index contributed by atoms with van der Waals surface area (Å²) >= 11 is 0. The lowest BCUT2D eigenvalue weighted by Gasteiger charge is -2.06. The Morgan fingerprint density at radius 3 is 2.70 bits per heavy atom. The van der Waals surface area contributed by atoms with Crippen molar-refractivity contribution in [3.63, 3.8) is 0 Å². The van der Waals surface area contributed by atoms with Crippen molar-refractivity contribution in [1.29, 1.82) is 0 Å². The van der Waals surface area contributed by atoms with E-state index in [0.29, 0.717) is 31.2 Å². The maximum absolute atomic E-state index is 11.9. The molecule has 1 amide bonds. The van der Waals surface area contributed by atoms with Crippen molar-refractivity contribution in [1.82, 2.24) is 5.32 Å². The number of nitrogens with zero attached hydrogens (tertiary/aromatic N) is 2. The Morgan fingerprint density at radius 2 is 2.09 bits per heavy atom. The molecule has 1 aromatic carbocycles. The molecule has 0 aliphatic rings. The number of nitrogens with one attached hydrogen (secondary N) is 1. The highest BCUT2D eigenvalue weighted by Crippen LogP contribution is 2.07. The van der Waals surface area contributed by atoms with E-state index in [2.05, 4.69) is 22.2 Å². The summed E-state index contributed by atoms with van der Waals surface area (Å²) in [5.74, 6) is 0.207. The van der Waals surface area contributed by atoms with Crippen LogP contribution in [0.2, 0.25) is 0 Å². The fraction of sp³-hybridized carbons (Fsp3) is 0.438. The van der Waals surface area contributed by atoms with Gasteiger partial charge in [0.1, 0.15) is 0 Å². The number of carbonyl (C=O) groups is 1. The molecule has 23 heavy (non-hydrogen) atoms. The van der Waals surface area contributed by atoms with E-state index in [4.69, 9.17) is 14.7 Å². The maximum Gasteiger partial charge on any atom is 0.251 e. The van der Waals surface area contributed by atoms with Gasteiger partial charge in [0, 0.05) is 39.0 Å². The molecule has 2 N–H and O–H groups in total. The summed E-state index contributed by atoms with van der Waals surface area (Å²) in [5.41, 5.74) is 1.51. The fourth-order valence-corrected chi connectivity index (χ4v) is 1.79. The van der Waals surface area contributed by atoms with E-state index in [1.165, 1.54) is 0 Å². The van der Waals surface area contributed by atoms with Crippen LogP contribution in [0.25, 0.3) is 0 Å². The second kappa shape index (κ2) is 11.3. The van der Waals surface area contributed by atoms with Crippen LogP contribution in [-0.2, 0) is 16.1 Å². The Balaban J connectivity index is 2.53. The number of hydrogen-bond donors (Lipinski definition) is 2. The second-order valence-electron chi connectivity index (χ2n) is 4.70. The third kappa shape index (κ3) is 7.53. The molecule has 126 valence electrons. The number of aliphatic hydroxyl groups is 1. The van der Waals surface area contributed by atoms with Gasteiger partial charge in [-0.1, -0.05) is 17.3 Å². The molecule has 1 rings (SSSR count). The van der Waals surface area contributed by atoms with Crippen molar-refractivity contribution in [3.8, 4) is 0 Å². The molecule has 0 aliphatic heterocycles. The standard InChI is InChI=1S/C16H23N3O4/c1-17-23-15(8-10-20)19-12-13-4-6-14(7-5-13)16(21)18-9-3-11-22-2/h4-7,20H,1,3,8-12H2,2H3,(H,18,21). The Labute approximate surface area is 136 Å². The number of carbonyl (C=O) groups excluding carboxylic acids is 1. The summed E-state index contributed by atoms with van der Waals surface area (Å²) in [7, 11) is 1.63. The molecule has 1 aromatic rings. The molecule has 0 spiro atoms. The summed E-state index contributed by atoms with van der Waals surface area (Å²) in [6.45, 7) is 4.72. The second-order valence-corrected chi connectivity index (χ2v) is 4.70. The van der Waals surface area contributed by atoms with E-state index in [1.807, 2.05) is 12.1 Å². The number of hydrogen-bond acceptors (Lipinski definition) is 6. The number of amides is 1. The van der Waals surface area contributed by atoms with Crippen LogP contribution in [0.15, 0.2) is 34.4 Å². The van der Waals surface area contributed by atoms with Gasteiger partial charge in [0.2, 0.25) is 5.90 Å². The minimum absolute atomic E-state index is 0.0729. The van der Waals surface area contributed by atoms with Gasteiger partial charge in [0.05, 0.1) is 13.2 Å². The average molecular weight is 321 g/mol. The minimum Gasteiger partial charge on any atom is -0.396 e. The minimum atomic E-state index is -0.115. The van der Waals surface area contributed by atoms with Gasteiger partial charge in [-0.15, -0.1) is 0 Å². The monoisotopic (exact) mass is 321 g/mol. The van der Waals surface area contributed by atoms with E-state index in [0.717, 1.165) is 12.0 Å². The number of benzene rings is 1. The third-order valence-electron chi connectivity index (χ3n) is 2.96. The van der Waals surface area contributed by atoms with Gasteiger partial charge < -0.3 is 20.0 Å². The summed E-state index contributed by atoms with van der Waals surface area (Å²) < 4.78 is 4.93. The van der Waals surface area contributed by atoms with Crippen LogP contribution in [-0.4, -0.2) is 50.5 Å². The number of aliphatic imine (C=N–C) groups is 1. The summed E-state index contributed by atoms with van der Waals surface area (Å²) in [5, 5.41) is 15.0. The van der Waals surface area contributed by atoms with Crippen LogP contribution >= 0.6 is 0 Å². The van der Waals surface area contributed by atoms with Gasteiger partial charge in [-0.2, -0.15) is 0 Å². The van der Waals surface area contributed by atoms with Crippen molar-refractivity contribution in [3.05, 3.63) is 35.4 Å². The topological polar surface area (TPSA) is 92.5 Å². The van der Waals surface area contributed by atoms with Gasteiger partial charge in [-0.25, -0.2) is 4.99 Å². The third-order valence-corrected chi connectivity index (χ3v) is 2.96. The van der Waals surface area contributed by atoms with E-state index < -0.39 is 0 Å². The normalized spacial score (nSPS) is 11.1. The predicted octanol–water partition coefficient (Wildman–Crippen LogP) is 1.37. The molecular formula is C16H23N3O4. The molecular weight excluding hydrogens is 298 g/mol. The van der Waals surface area contributed by atoms with Gasteiger partial charge in [-0.05, 0) is 24.1 Å². The molecule has 0 saturated carbocycles. The molecule has 0 fully saturated rings. The van der Waals surface area contributed by atoms with Crippen molar-refractivity contribution < 1.29 is 19.5 Å². The van der Waals surface area contributed by atoms with Crippen molar-refractivity contribution in [2.75, 3.05) is 26.9 Å². The number of oxime groups is 1. The first-order valence-corrected chi connectivity index (χ1v) is 7.34. The van der Waals surface area contributed by atoms with Gasteiger partial charge >= 0.3 is 0 Å². The van der Waals surface area contributed by atoms with Crippen LogP contribution in [0.3, 0.4) is 0 Å². The first-order valence-electron chi connectivity index (χ1n) is 7.34. The Bertz CT molecular complexity index is 515. The Morgan fingerprint density at radius 1 is 1.35 bits per heavy atom. The first-order chi connectivity index (χ1) is 11.2. The summed E-state index contributed by atoms with van der Waals surface area (Å²) in [6, 6.07) is 7.14. The van der Waals surface area contributed by atoms with E-state index in [9.17, 15) is 4.79 Å². The molecule has 7 heteroatoms. The van der Waals surface area contributed by atoms with Gasteiger partial charge in [0.25, 0.3) is 5.91 Å². The lowest BCUT2D eigenvalue weighted by atomic mass is 10.1. The average Bonchev–Trinajstić information content (AvgIpc) is 2.57. The van der Waals surface area contributed by atoms with E-state index in [1.54, 1.807) is 19.2 Å².